The van der Waals surface area contributed by atoms with Crippen LogP contribution >= 0.6 is 11.3 Å². The Hall–Kier alpha value is -2.30. The molecule has 3 aromatic rings. The number of thiophene rings is 1. The van der Waals surface area contributed by atoms with E-state index in [9.17, 15) is 13.2 Å². The summed E-state index contributed by atoms with van der Waals surface area (Å²) in [5.41, 5.74) is 2.37. The Morgan fingerprint density at radius 2 is 2.28 bits per heavy atom. The first-order valence-electron chi connectivity index (χ1n) is 9.31. The number of nitrogens with zero attached hydrogens (tertiary/aromatic N) is 3. The van der Waals surface area contributed by atoms with E-state index in [1.54, 1.807) is 17.9 Å². The first-order valence-corrected chi connectivity index (χ1v) is 12.0. The molecule has 0 radical (unpaired) electrons. The highest BCUT2D eigenvalue weighted by Gasteiger charge is 2.32. The molecule has 29 heavy (non-hydrogen) atoms. The van der Waals surface area contributed by atoms with Gasteiger partial charge in [-0.1, -0.05) is 6.07 Å². The number of methoxy groups -OCH3 is 1. The molecule has 1 N–H and O–H groups in total. The molecule has 154 valence electrons. The maximum Gasteiger partial charge on any atom is 0.252 e. The monoisotopic (exact) mass is 434 g/mol. The molecule has 0 aliphatic carbocycles. The van der Waals surface area contributed by atoms with Gasteiger partial charge in [0, 0.05) is 13.7 Å². The van der Waals surface area contributed by atoms with Gasteiger partial charge in [0.25, 0.3) is 5.91 Å². The molecule has 3 aromatic heterocycles. The largest absolute Gasteiger partial charge is 0.383 e. The van der Waals surface area contributed by atoms with E-state index in [2.05, 4.69) is 10.4 Å². The number of amides is 1. The number of hydrogen-bond acceptors (Lipinski definition) is 7. The predicted octanol–water partition coefficient (Wildman–Crippen LogP) is 2.20. The van der Waals surface area contributed by atoms with Crippen LogP contribution in [0, 0.1) is 6.92 Å². The van der Waals surface area contributed by atoms with Crippen molar-refractivity contribution in [3.8, 4) is 10.6 Å². The summed E-state index contributed by atoms with van der Waals surface area (Å²) in [6, 6.07) is 5.38. The molecule has 4 rings (SSSR count). The molecule has 1 fully saturated rings. The van der Waals surface area contributed by atoms with E-state index in [0.29, 0.717) is 47.6 Å². The normalized spacial score (nSPS) is 18.3. The van der Waals surface area contributed by atoms with Crippen molar-refractivity contribution in [2.75, 3.05) is 31.8 Å². The lowest BCUT2D eigenvalue weighted by atomic mass is 10.1. The Labute approximate surface area is 172 Å². The van der Waals surface area contributed by atoms with Crippen molar-refractivity contribution in [3.63, 3.8) is 0 Å². The highest BCUT2D eigenvalue weighted by Crippen LogP contribution is 2.33. The number of hydrogen-bond donors (Lipinski definition) is 1. The van der Waals surface area contributed by atoms with Crippen molar-refractivity contribution in [1.82, 2.24) is 20.1 Å². The van der Waals surface area contributed by atoms with E-state index in [1.165, 1.54) is 11.3 Å². The highest BCUT2D eigenvalue weighted by molar-refractivity contribution is 7.91. The summed E-state index contributed by atoms with van der Waals surface area (Å²) < 4.78 is 30.7. The van der Waals surface area contributed by atoms with Crippen molar-refractivity contribution < 1.29 is 17.9 Å². The highest BCUT2D eigenvalue weighted by atomic mass is 32.2. The molecule has 0 aromatic carbocycles. The van der Waals surface area contributed by atoms with Crippen LogP contribution < -0.4 is 5.32 Å². The average Bonchev–Trinajstić information content (AvgIpc) is 3.40. The predicted molar refractivity (Wildman–Crippen MR) is 112 cm³/mol. The zero-order valence-electron chi connectivity index (χ0n) is 16.2. The van der Waals surface area contributed by atoms with E-state index >= 15 is 0 Å². The van der Waals surface area contributed by atoms with E-state index in [-0.39, 0.29) is 23.5 Å². The lowest BCUT2D eigenvalue weighted by Crippen LogP contribution is -2.27. The Morgan fingerprint density at radius 1 is 1.45 bits per heavy atom. The van der Waals surface area contributed by atoms with Gasteiger partial charge in [0.2, 0.25) is 0 Å². The first kappa shape index (κ1) is 20.0. The molecule has 0 spiro atoms. The molecule has 1 aliphatic rings. The number of rotatable bonds is 6. The van der Waals surface area contributed by atoms with Gasteiger partial charge in [0.05, 0.1) is 51.4 Å². The second-order valence-corrected chi connectivity index (χ2v) is 10.2. The number of carbonyl (C=O) groups is 1. The third kappa shape index (κ3) is 3.92. The minimum atomic E-state index is -3.08. The summed E-state index contributed by atoms with van der Waals surface area (Å²) in [6.07, 6.45) is 0.499. The van der Waals surface area contributed by atoms with Crippen LogP contribution in [0.3, 0.4) is 0 Å². The summed E-state index contributed by atoms with van der Waals surface area (Å²) >= 11 is 1.53. The van der Waals surface area contributed by atoms with Crippen LogP contribution in [0.1, 0.15) is 28.5 Å². The Bertz CT molecular complexity index is 1150. The molecule has 1 amide bonds. The summed E-state index contributed by atoms with van der Waals surface area (Å²) in [7, 11) is -1.50. The fourth-order valence-electron chi connectivity index (χ4n) is 3.63. The van der Waals surface area contributed by atoms with Gasteiger partial charge < -0.3 is 10.1 Å². The zero-order chi connectivity index (χ0) is 20.6. The standard InChI is InChI=1S/C19H22N4O4S2/c1-12-17-14(19(24)20-6-7-27-2)10-15(16-4-3-8-28-16)21-18(17)23(22-12)13-5-9-29(25,26)11-13/h3-4,8,10,13H,5-7,9,11H2,1-2H3,(H,20,24). The first-order chi connectivity index (χ1) is 13.9. The molecule has 1 atom stereocenters. The van der Waals surface area contributed by atoms with E-state index in [4.69, 9.17) is 9.72 Å². The maximum atomic E-state index is 12.9. The maximum absolute atomic E-state index is 12.9. The van der Waals surface area contributed by atoms with Crippen LogP contribution in [0.15, 0.2) is 23.6 Å². The number of ether oxygens (including phenoxy) is 1. The van der Waals surface area contributed by atoms with E-state index in [1.807, 2.05) is 24.4 Å². The van der Waals surface area contributed by atoms with Crippen LogP contribution in [0.5, 0.6) is 0 Å². The number of carbonyl (C=O) groups excluding carboxylic acids is 1. The van der Waals surface area contributed by atoms with Crippen LogP contribution in [0.2, 0.25) is 0 Å². The summed E-state index contributed by atoms with van der Waals surface area (Å²) in [5, 5.41) is 10.1. The average molecular weight is 435 g/mol. The minimum absolute atomic E-state index is 0.0451. The van der Waals surface area contributed by atoms with Crippen molar-refractivity contribution in [3.05, 3.63) is 34.8 Å². The molecule has 4 heterocycles. The van der Waals surface area contributed by atoms with Crippen LogP contribution in [0.25, 0.3) is 21.6 Å². The SMILES string of the molecule is COCCNC(=O)c1cc(-c2cccs2)nc2c1c(C)nn2C1CCS(=O)(=O)C1. The topological polar surface area (TPSA) is 103 Å². The van der Waals surface area contributed by atoms with Crippen molar-refractivity contribution in [2.24, 2.45) is 0 Å². The van der Waals surface area contributed by atoms with E-state index in [0.717, 1.165) is 4.88 Å². The summed E-state index contributed by atoms with van der Waals surface area (Å²) in [4.78, 5) is 18.6. The number of aromatic nitrogens is 3. The second kappa shape index (κ2) is 7.85. The van der Waals surface area contributed by atoms with Gasteiger partial charge in [-0.2, -0.15) is 5.10 Å². The Kier molecular flexibility index (Phi) is 5.41. The van der Waals surface area contributed by atoms with Crippen molar-refractivity contribution in [2.45, 2.75) is 19.4 Å². The number of pyridine rings is 1. The summed E-state index contributed by atoms with van der Waals surface area (Å²) in [5.74, 6) is -0.0368. The third-order valence-electron chi connectivity index (χ3n) is 5.00. The van der Waals surface area contributed by atoms with Crippen molar-refractivity contribution in [1.29, 1.82) is 0 Å². The summed E-state index contributed by atoms with van der Waals surface area (Å²) in [6.45, 7) is 2.62. The molecule has 0 saturated carbocycles. The number of fused-ring (bicyclic) bond motifs is 1. The number of aryl methyl sites for hydroxylation is 1. The molecule has 1 unspecified atom stereocenters. The van der Waals surface area contributed by atoms with Crippen LogP contribution in [-0.2, 0) is 14.6 Å². The fraction of sp³-hybridized carbons (Fsp3) is 0.421. The number of nitrogens with one attached hydrogen (secondary N) is 1. The van der Waals surface area contributed by atoms with Gasteiger partial charge in [0.1, 0.15) is 0 Å². The van der Waals surface area contributed by atoms with Gasteiger partial charge in [-0.25, -0.2) is 18.1 Å². The van der Waals surface area contributed by atoms with E-state index < -0.39 is 9.84 Å². The lowest BCUT2D eigenvalue weighted by molar-refractivity contribution is 0.0938. The van der Waals surface area contributed by atoms with Gasteiger partial charge in [-0.05, 0) is 30.9 Å². The zero-order valence-corrected chi connectivity index (χ0v) is 17.8. The second-order valence-electron chi connectivity index (χ2n) is 7.07. The third-order valence-corrected chi connectivity index (χ3v) is 7.64. The van der Waals surface area contributed by atoms with Crippen LogP contribution in [0.4, 0.5) is 0 Å². The lowest BCUT2D eigenvalue weighted by Gasteiger charge is -2.12. The molecule has 1 saturated heterocycles. The smallest absolute Gasteiger partial charge is 0.252 e. The van der Waals surface area contributed by atoms with Crippen LogP contribution in [-0.4, -0.2) is 60.9 Å². The molecule has 0 bridgehead atoms. The van der Waals surface area contributed by atoms with Gasteiger partial charge in [-0.3, -0.25) is 4.79 Å². The van der Waals surface area contributed by atoms with Gasteiger partial charge in [0.15, 0.2) is 15.5 Å². The molecule has 10 heteroatoms. The fourth-order valence-corrected chi connectivity index (χ4v) is 6.01. The quantitative estimate of drug-likeness (QED) is 0.597. The Balaban J connectivity index is 1.86. The Morgan fingerprint density at radius 3 is 2.93 bits per heavy atom. The molecular weight excluding hydrogens is 412 g/mol. The van der Waals surface area contributed by atoms with Gasteiger partial charge in [-0.15, -0.1) is 11.3 Å². The van der Waals surface area contributed by atoms with Crippen molar-refractivity contribution >= 4 is 38.1 Å². The molecule has 1 aliphatic heterocycles. The number of sulfone groups is 1. The van der Waals surface area contributed by atoms with Gasteiger partial charge >= 0.3 is 0 Å². The minimum Gasteiger partial charge on any atom is -0.383 e. The molecule has 8 nitrogen and oxygen atoms in total. The molecular formula is C19H22N4O4S2.